The first-order valence-electron chi connectivity index (χ1n) is 6.66. The molecule has 0 saturated carbocycles. The van der Waals surface area contributed by atoms with Crippen LogP contribution in [0.4, 0.5) is 8.78 Å². The number of hydrogen-bond donors (Lipinski definition) is 1. The summed E-state index contributed by atoms with van der Waals surface area (Å²) in [6.07, 6.45) is 1.07. The second kappa shape index (κ2) is 6.43. The quantitative estimate of drug-likeness (QED) is 0.876. The van der Waals surface area contributed by atoms with Crippen LogP contribution in [0.3, 0.4) is 0 Å². The Bertz CT molecular complexity index is 629. The van der Waals surface area contributed by atoms with E-state index < -0.39 is 17.7 Å². The molecule has 1 aromatic carbocycles. The lowest BCUT2D eigenvalue weighted by atomic mass is 9.95. The van der Waals surface area contributed by atoms with Gasteiger partial charge in [-0.15, -0.1) is 0 Å². The Kier molecular flexibility index (Phi) is 4.62. The van der Waals surface area contributed by atoms with Crippen molar-refractivity contribution in [2.45, 2.75) is 19.9 Å². The molecule has 1 N–H and O–H groups in total. The summed E-state index contributed by atoms with van der Waals surface area (Å²) < 4.78 is 26.7. The first-order chi connectivity index (χ1) is 10.0. The van der Waals surface area contributed by atoms with Gasteiger partial charge in [-0.2, -0.15) is 4.39 Å². The van der Waals surface area contributed by atoms with E-state index in [1.54, 1.807) is 0 Å². The molecule has 0 aliphatic rings. The maximum Gasteiger partial charge on any atom is 0.254 e. The number of pyridine rings is 1. The second-order valence-corrected chi connectivity index (χ2v) is 5.07. The molecule has 1 atom stereocenters. The molecule has 0 aliphatic carbocycles. The molecule has 0 radical (unpaired) electrons. The predicted molar refractivity (Wildman–Crippen MR) is 75.6 cm³/mol. The molecule has 0 fully saturated rings. The third-order valence-corrected chi connectivity index (χ3v) is 3.20. The zero-order valence-electron chi connectivity index (χ0n) is 11.8. The summed E-state index contributed by atoms with van der Waals surface area (Å²) in [5, 5.41) is 2.74. The summed E-state index contributed by atoms with van der Waals surface area (Å²) in [5.41, 5.74) is 0.569. The van der Waals surface area contributed by atoms with Gasteiger partial charge < -0.3 is 5.32 Å². The second-order valence-electron chi connectivity index (χ2n) is 5.07. The fourth-order valence-corrected chi connectivity index (χ4v) is 2.11. The average molecular weight is 290 g/mol. The molecule has 1 unspecified atom stereocenters. The van der Waals surface area contributed by atoms with Crippen molar-refractivity contribution in [3.8, 4) is 0 Å². The van der Waals surface area contributed by atoms with Crippen molar-refractivity contribution in [2.24, 2.45) is 5.92 Å². The molecule has 2 aromatic rings. The van der Waals surface area contributed by atoms with Crippen LogP contribution in [0.15, 0.2) is 42.6 Å². The van der Waals surface area contributed by atoms with E-state index in [4.69, 9.17) is 0 Å². The lowest BCUT2D eigenvalue weighted by Crippen LogP contribution is -2.32. The Hall–Kier alpha value is -2.30. The molecule has 1 aromatic heterocycles. The number of nitrogens with zero attached hydrogens (tertiary/aromatic N) is 1. The van der Waals surface area contributed by atoms with Gasteiger partial charge in [-0.05, 0) is 17.5 Å². The molecular weight excluding hydrogens is 274 g/mol. The topological polar surface area (TPSA) is 42.0 Å². The van der Waals surface area contributed by atoms with Gasteiger partial charge in [-0.1, -0.05) is 44.2 Å². The van der Waals surface area contributed by atoms with E-state index in [1.165, 1.54) is 0 Å². The van der Waals surface area contributed by atoms with E-state index in [1.807, 2.05) is 44.2 Å². The van der Waals surface area contributed by atoms with Crippen molar-refractivity contribution in [3.05, 3.63) is 65.5 Å². The molecule has 0 saturated heterocycles. The molecule has 110 valence electrons. The number of benzene rings is 1. The van der Waals surface area contributed by atoms with Gasteiger partial charge in [0.1, 0.15) is 0 Å². The summed E-state index contributed by atoms with van der Waals surface area (Å²) in [4.78, 5) is 15.3. The van der Waals surface area contributed by atoms with E-state index in [0.29, 0.717) is 0 Å². The maximum atomic E-state index is 13.6. The van der Waals surface area contributed by atoms with Gasteiger partial charge in [0.05, 0.1) is 11.6 Å². The van der Waals surface area contributed by atoms with Crippen LogP contribution in [-0.4, -0.2) is 10.9 Å². The first-order valence-corrected chi connectivity index (χ1v) is 6.66. The van der Waals surface area contributed by atoms with Crippen molar-refractivity contribution < 1.29 is 13.6 Å². The zero-order chi connectivity index (χ0) is 15.4. The van der Waals surface area contributed by atoms with Gasteiger partial charge in [0, 0.05) is 6.20 Å². The molecule has 0 spiro atoms. The van der Waals surface area contributed by atoms with Crippen molar-refractivity contribution in [2.75, 3.05) is 0 Å². The Morgan fingerprint density at radius 2 is 1.81 bits per heavy atom. The molecular formula is C16H16F2N2O. The largest absolute Gasteiger partial charge is 0.345 e. The Labute approximate surface area is 122 Å². The predicted octanol–water partition coefficient (Wildman–Crippen LogP) is 3.49. The van der Waals surface area contributed by atoms with E-state index in [2.05, 4.69) is 10.3 Å². The highest BCUT2D eigenvalue weighted by Crippen LogP contribution is 2.22. The SMILES string of the molecule is CC(C)C(NC(=O)c1ccnc(F)c1F)c1ccccc1. The minimum absolute atomic E-state index is 0.103. The van der Waals surface area contributed by atoms with Crippen LogP contribution < -0.4 is 5.32 Å². The average Bonchev–Trinajstić information content (AvgIpc) is 2.48. The van der Waals surface area contributed by atoms with Crippen LogP contribution in [0, 0.1) is 17.7 Å². The number of hydrogen-bond acceptors (Lipinski definition) is 2. The summed E-state index contributed by atoms with van der Waals surface area (Å²) in [5.74, 6) is -3.06. The molecule has 5 heteroatoms. The number of amides is 1. The third-order valence-electron chi connectivity index (χ3n) is 3.20. The van der Waals surface area contributed by atoms with Crippen LogP contribution in [0.25, 0.3) is 0 Å². The molecule has 0 aliphatic heterocycles. The Morgan fingerprint density at radius 3 is 2.43 bits per heavy atom. The van der Waals surface area contributed by atoms with E-state index >= 15 is 0 Å². The van der Waals surface area contributed by atoms with Gasteiger partial charge in [-0.3, -0.25) is 4.79 Å². The number of rotatable bonds is 4. The molecule has 1 amide bonds. The number of carbonyl (C=O) groups is 1. The molecule has 3 nitrogen and oxygen atoms in total. The van der Waals surface area contributed by atoms with E-state index in [0.717, 1.165) is 17.8 Å². The molecule has 21 heavy (non-hydrogen) atoms. The lowest BCUT2D eigenvalue weighted by Gasteiger charge is -2.23. The Morgan fingerprint density at radius 1 is 1.14 bits per heavy atom. The van der Waals surface area contributed by atoms with Crippen LogP contribution in [0.1, 0.15) is 35.8 Å². The summed E-state index contributed by atoms with van der Waals surface area (Å²) >= 11 is 0. The fourth-order valence-electron chi connectivity index (χ4n) is 2.11. The Balaban J connectivity index is 2.25. The summed E-state index contributed by atoms with van der Waals surface area (Å²) in [6, 6.07) is 10.3. The standard InChI is InChI=1S/C16H16F2N2O/c1-10(2)14(11-6-4-3-5-7-11)20-16(21)12-8-9-19-15(18)13(12)17/h3-10,14H,1-2H3,(H,20,21). The van der Waals surface area contributed by atoms with Gasteiger partial charge >= 0.3 is 0 Å². The van der Waals surface area contributed by atoms with Crippen molar-refractivity contribution in [1.29, 1.82) is 0 Å². The van der Waals surface area contributed by atoms with E-state index in [-0.39, 0.29) is 17.5 Å². The number of aromatic nitrogens is 1. The minimum atomic E-state index is -1.27. The van der Waals surface area contributed by atoms with Crippen molar-refractivity contribution >= 4 is 5.91 Å². The summed E-state index contributed by atoms with van der Waals surface area (Å²) in [7, 11) is 0. The highest BCUT2D eigenvalue weighted by Gasteiger charge is 2.22. The van der Waals surface area contributed by atoms with Crippen LogP contribution in [0.5, 0.6) is 0 Å². The smallest absolute Gasteiger partial charge is 0.254 e. The van der Waals surface area contributed by atoms with Crippen molar-refractivity contribution in [3.63, 3.8) is 0 Å². The van der Waals surface area contributed by atoms with Gasteiger partial charge in [0.2, 0.25) is 5.95 Å². The monoisotopic (exact) mass is 290 g/mol. The first kappa shape index (κ1) is 15.1. The minimum Gasteiger partial charge on any atom is -0.345 e. The molecule has 1 heterocycles. The zero-order valence-corrected chi connectivity index (χ0v) is 11.8. The highest BCUT2D eigenvalue weighted by atomic mass is 19.2. The van der Waals surface area contributed by atoms with E-state index in [9.17, 15) is 13.6 Å². The normalized spacial score (nSPS) is 12.2. The third kappa shape index (κ3) is 3.42. The molecule has 0 bridgehead atoms. The van der Waals surface area contributed by atoms with Gasteiger partial charge in [-0.25, -0.2) is 9.37 Å². The number of nitrogens with one attached hydrogen (secondary N) is 1. The maximum absolute atomic E-state index is 13.6. The summed E-state index contributed by atoms with van der Waals surface area (Å²) in [6.45, 7) is 3.89. The van der Waals surface area contributed by atoms with Crippen LogP contribution >= 0.6 is 0 Å². The van der Waals surface area contributed by atoms with Crippen LogP contribution in [-0.2, 0) is 0 Å². The van der Waals surface area contributed by atoms with Gasteiger partial charge in [0.15, 0.2) is 5.82 Å². The van der Waals surface area contributed by atoms with Gasteiger partial charge in [0.25, 0.3) is 5.91 Å². The van der Waals surface area contributed by atoms with Crippen LogP contribution in [0.2, 0.25) is 0 Å². The fraction of sp³-hybridized carbons (Fsp3) is 0.250. The lowest BCUT2D eigenvalue weighted by molar-refractivity contribution is 0.0920. The number of halogens is 2. The highest BCUT2D eigenvalue weighted by molar-refractivity contribution is 5.94. The molecule has 2 rings (SSSR count). The number of carbonyl (C=O) groups excluding carboxylic acids is 1. The van der Waals surface area contributed by atoms with Crippen molar-refractivity contribution in [1.82, 2.24) is 10.3 Å².